The summed E-state index contributed by atoms with van der Waals surface area (Å²) in [7, 11) is 0. The first-order valence-electron chi connectivity index (χ1n) is 18.3. The molecule has 318 valence electrons. The molecule has 2 aromatic carbocycles. The van der Waals surface area contributed by atoms with Crippen molar-refractivity contribution >= 4 is 67.6 Å². The summed E-state index contributed by atoms with van der Waals surface area (Å²) in [6.07, 6.45) is 0. The molecule has 2 aliphatic rings. The van der Waals surface area contributed by atoms with Crippen molar-refractivity contribution in [1.82, 2.24) is 0 Å². The highest BCUT2D eigenvalue weighted by Crippen LogP contribution is 2.67. The Morgan fingerprint density at radius 1 is 0.371 bits per heavy atom. The normalized spacial score (nSPS) is 19.0. The predicted molar refractivity (Wildman–Crippen MR) is 224 cm³/mol. The molecule has 0 bridgehead atoms. The van der Waals surface area contributed by atoms with E-state index in [0.29, 0.717) is 20.9 Å². The molecular weight excluding hydrogens is 909 g/mol. The first-order valence-corrected chi connectivity index (χ1v) is 21.5. The van der Waals surface area contributed by atoms with Crippen molar-refractivity contribution in [3.63, 3.8) is 0 Å². The molecule has 4 aromatic heterocycles. The van der Waals surface area contributed by atoms with Gasteiger partial charge in [-0.05, 0) is 109 Å². The average molecular weight is 935 g/mol. The Labute approximate surface area is 362 Å². The maximum atomic E-state index is 15.7. The van der Waals surface area contributed by atoms with Crippen LogP contribution in [-0.2, 0) is 0 Å². The lowest BCUT2D eigenvalue weighted by atomic mass is 9.95. The van der Waals surface area contributed by atoms with E-state index in [-0.39, 0.29) is 29.3 Å². The van der Waals surface area contributed by atoms with Crippen LogP contribution in [0.2, 0.25) is 0 Å². The van der Waals surface area contributed by atoms with Crippen molar-refractivity contribution < 1.29 is 52.7 Å². The van der Waals surface area contributed by atoms with Gasteiger partial charge in [-0.15, -0.1) is 45.3 Å². The molecule has 0 amide bonds. The van der Waals surface area contributed by atoms with Crippen molar-refractivity contribution in [3.8, 4) is 44.6 Å². The van der Waals surface area contributed by atoms with Gasteiger partial charge in [-0.3, -0.25) is 0 Å². The number of allylic oxidation sites excluding steroid dienone is 4. The Morgan fingerprint density at radius 2 is 0.645 bits per heavy atom. The highest BCUT2D eigenvalue weighted by molar-refractivity contribution is 7.16. The van der Waals surface area contributed by atoms with Crippen molar-refractivity contribution in [1.29, 1.82) is 0 Å². The molecule has 0 radical (unpaired) electrons. The Kier molecular flexibility index (Phi) is 10.4. The minimum Gasteiger partial charge on any atom is -0.194 e. The summed E-state index contributed by atoms with van der Waals surface area (Å²) in [4.78, 5) is 0.950. The van der Waals surface area contributed by atoms with Gasteiger partial charge in [0.15, 0.2) is 0 Å². The molecule has 0 fully saturated rings. The number of hydrogen-bond donors (Lipinski definition) is 0. The van der Waals surface area contributed by atoms with Crippen LogP contribution in [0, 0.1) is 51.4 Å². The summed E-state index contributed by atoms with van der Waals surface area (Å²) in [5, 5.41) is 0. The quantitative estimate of drug-likeness (QED) is 0.115. The minimum atomic E-state index is -5.78. The molecule has 8 rings (SSSR count). The first kappa shape index (κ1) is 43.6. The lowest BCUT2D eigenvalue weighted by Crippen LogP contribution is -2.48. The largest absolute Gasteiger partial charge is 0.380 e. The molecule has 6 aromatic rings. The van der Waals surface area contributed by atoms with Crippen LogP contribution in [0.15, 0.2) is 84.9 Å². The molecule has 0 nitrogen and oxygen atoms in total. The number of hydrogen-bond acceptors (Lipinski definition) is 4. The van der Waals surface area contributed by atoms with E-state index in [2.05, 4.69) is 23.7 Å². The topological polar surface area (TPSA) is 0 Å². The highest BCUT2D eigenvalue weighted by atomic mass is 32.1. The van der Waals surface area contributed by atoms with Gasteiger partial charge in [-0.1, -0.05) is 60.7 Å². The molecule has 4 heterocycles. The summed E-state index contributed by atoms with van der Waals surface area (Å²) < 4.78 is 186. The smallest absolute Gasteiger partial charge is 0.194 e. The highest BCUT2D eigenvalue weighted by Gasteiger charge is 2.81. The number of halogens is 12. The predicted octanol–water partition coefficient (Wildman–Crippen LogP) is 15.6. The van der Waals surface area contributed by atoms with Crippen molar-refractivity contribution in [3.05, 3.63) is 136 Å². The summed E-state index contributed by atoms with van der Waals surface area (Å²) >= 11 is 3.47. The number of aryl methyl sites for hydroxylation is 4. The van der Waals surface area contributed by atoms with Gasteiger partial charge in [0.05, 0.1) is 9.75 Å². The minimum absolute atomic E-state index is 0.0195. The zero-order valence-electron chi connectivity index (χ0n) is 32.3. The van der Waals surface area contributed by atoms with Crippen LogP contribution in [-0.4, -0.2) is 35.5 Å². The van der Waals surface area contributed by atoms with E-state index in [1.54, 1.807) is 60.7 Å². The van der Waals surface area contributed by atoms with Gasteiger partial charge in [0.25, 0.3) is 0 Å². The van der Waals surface area contributed by atoms with E-state index in [9.17, 15) is 0 Å². The monoisotopic (exact) mass is 934 g/mol. The molecule has 0 unspecified atom stereocenters. The maximum absolute atomic E-state index is 15.7. The second kappa shape index (κ2) is 14.8. The van der Waals surface area contributed by atoms with Gasteiger partial charge in [0, 0.05) is 51.6 Å². The third kappa shape index (κ3) is 6.42. The molecule has 0 saturated carbocycles. The molecule has 16 heteroatoms. The summed E-state index contributed by atoms with van der Waals surface area (Å²) in [5.74, 6) is -22.8. The lowest BCUT2D eigenvalue weighted by Gasteiger charge is -2.25. The van der Waals surface area contributed by atoms with E-state index >= 15 is 52.7 Å². The van der Waals surface area contributed by atoms with Crippen molar-refractivity contribution in [2.75, 3.05) is 0 Å². The summed E-state index contributed by atoms with van der Waals surface area (Å²) in [6.45, 7) is 5.32. The fourth-order valence-electron chi connectivity index (χ4n) is 7.58. The van der Waals surface area contributed by atoms with Crippen LogP contribution in [0.3, 0.4) is 0 Å². The summed E-state index contributed by atoms with van der Waals surface area (Å²) in [6, 6.07) is 21.1. The van der Waals surface area contributed by atoms with Crippen LogP contribution in [0.4, 0.5) is 52.7 Å². The van der Waals surface area contributed by atoms with E-state index in [0.717, 1.165) is 57.5 Å². The first-order chi connectivity index (χ1) is 28.9. The van der Waals surface area contributed by atoms with Crippen LogP contribution in [0.1, 0.15) is 51.5 Å². The Morgan fingerprint density at radius 3 is 0.952 bits per heavy atom. The SMILES string of the molecule is Cc1sc(C#CC#Cc2cc(C3=C(c4cc(-c5ccccc5)sc4C)C(F)(F)C(F)(F)C3(F)F)c(C)s2)cc1C1=C(c2cc(-c3ccccc3)sc2C)C(F)(F)C(F)(F)C1(F)F. The van der Waals surface area contributed by atoms with Crippen LogP contribution in [0.5, 0.6) is 0 Å². The van der Waals surface area contributed by atoms with E-state index in [4.69, 9.17) is 0 Å². The lowest BCUT2D eigenvalue weighted by molar-refractivity contribution is -0.254. The molecule has 0 atom stereocenters. The maximum Gasteiger partial charge on any atom is 0.380 e. The molecule has 2 aliphatic carbocycles. The zero-order chi connectivity index (χ0) is 44.9. The Bertz CT molecular complexity index is 2770. The number of benzene rings is 2. The van der Waals surface area contributed by atoms with E-state index in [1.807, 2.05) is 0 Å². The second-order valence-electron chi connectivity index (χ2n) is 14.5. The second-order valence-corrected chi connectivity index (χ2v) is 19.5. The van der Waals surface area contributed by atoms with Gasteiger partial charge in [0.2, 0.25) is 0 Å². The van der Waals surface area contributed by atoms with Gasteiger partial charge in [0.1, 0.15) is 0 Å². The molecule has 0 spiro atoms. The van der Waals surface area contributed by atoms with E-state index < -0.39 is 80.1 Å². The molecule has 0 N–H and O–H groups in total. The van der Waals surface area contributed by atoms with Crippen molar-refractivity contribution in [2.45, 2.75) is 63.2 Å². The Balaban J connectivity index is 1.17. The number of rotatable bonds is 6. The number of thiophene rings is 4. The summed E-state index contributed by atoms with van der Waals surface area (Å²) in [5.41, 5.74) is -6.97. The number of alkyl halides is 12. The molecule has 0 saturated heterocycles. The van der Waals surface area contributed by atoms with Gasteiger partial charge < -0.3 is 0 Å². The van der Waals surface area contributed by atoms with Crippen LogP contribution < -0.4 is 0 Å². The van der Waals surface area contributed by atoms with Gasteiger partial charge in [-0.25, -0.2) is 0 Å². The van der Waals surface area contributed by atoms with Gasteiger partial charge >= 0.3 is 35.5 Å². The average Bonchev–Trinajstić information content (AvgIpc) is 4.01. The Hall–Kier alpha value is -5.00. The van der Waals surface area contributed by atoms with Gasteiger partial charge in [-0.2, -0.15) is 52.7 Å². The third-order valence-corrected chi connectivity index (χ3v) is 14.8. The molecule has 62 heavy (non-hydrogen) atoms. The van der Waals surface area contributed by atoms with E-state index in [1.165, 1.54) is 39.8 Å². The third-order valence-electron chi connectivity index (χ3n) is 10.6. The van der Waals surface area contributed by atoms with Crippen LogP contribution in [0.25, 0.3) is 43.2 Å². The van der Waals surface area contributed by atoms with Crippen molar-refractivity contribution in [2.24, 2.45) is 0 Å². The molecular formula is C46H26F12S4. The fraction of sp³-hybridized carbons (Fsp3) is 0.217. The standard InChI is InChI=1S/C46H26F12S4/c1-23-31(37-39(43(51,52)45(55,56)41(37,47)48)33-21-35(61-25(33)3)27-13-7-5-8-14-27)19-29(59-23)17-11-12-18-30-20-32(24(2)60-30)38-40(44(53,54)46(57,58)42(38,49)50)34-22-36(62-26(34)4)28-15-9-6-10-16-28/h5-10,13-16,19-22H,1-4H3. The van der Waals surface area contributed by atoms with Crippen LogP contribution >= 0.6 is 45.3 Å². The zero-order valence-corrected chi connectivity index (χ0v) is 35.5. The molecule has 0 aliphatic heterocycles. The fourth-order valence-corrected chi connectivity index (χ4v) is 11.4.